The van der Waals surface area contributed by atoms with Gasteiger partial charge in [-0.1, -0.05) is 12.1 Å². The zero-order valence-corrected chi connectivity index (χ0v) is 14.4. The van der Waals surface area contributed by atoms with E-state index < -0.39 is 11.9 Å². The van der Waals surface area contributed by atoms with Gasteiger partial charge < -0.3 is 18.9 Å². The number of benzene rings is 2. The molecule has 1 unspecified atom stereocenters. The molecular formula is C20H17NO5. The lowest BCUT2D eigenvalue weighted by Crippen LogP contribution is -2.43. The molecule has 2 aromatic carbocycles. The van der Waals surface area contributed by atoms with Gasteiger partial charge in [0, 0.05) is 31.8 Å². The van der Waals surface area contributed by atoms with E-state index in [0.717, 1.165) is 16.3 Å². The van der Waals surface area contributed by atoms with Gasteiger partial charge in [0.2, 0.25) is 0 Å². The van der Waals surface area contributed by atoms with Crippen molar-refractivity contribution in [2.75, 3.05) is 7.11 Å². The number of cyclic esters (lactones) is 1. The first kappa shape index (κ1) is 16.4. The summed E-state index contributed by atoms with van der Waals surface area (Å²) in [4.78, 5) is 16.3. The largest absolute Gasteiger partial charge is 0.488 e. The molecule has 6 heteroatoms. The van der Waals surface area contributed by atoms with Crippen molar-refractivity contribution < 1.29 is 23.7 Å². The van der Waals surface area contributed by atoms with Crippen LogP contribution in [-0.2, 0) is 16.1 Å². The third-order valence-electron chi connectivity index (χ3n) is 4.25. The molecule has 0 N–H and O–H groups in total. The van der Waals surface area contributed by atoms with Crippen molar-refractivity contribution in [3.63, 3.8) is 0 Å². The van der Waals surface area contributed by atoms with Gasteiger partial charge in [-0.05, 0) is 41.3 Å². The van der Waals surface area contributed by atoms with E-state index in [1.165, 1.54) is 7.11 Å². The molecule has 1 aliphatic heterocycles. The maximum atomic E-state index is 12.3. The van der Waals surface area contributed by atoms with E-state index in [2.05, 4.69) is 4.98 Å². The number of ether oxygens (including phenoxy) is 4. The molecule has 132 valence electrons. The summed E-state index contributed by atoms with van der Waals surface area (Å²) in [6.45, 7) is 1.96. The number of aromatic nitrogens is 1. The Bertz CT molecular complexity index is 973. The normalized spacial score (nSPS) is 18.8. The molecule has 1 atom stereocenters. The molecule has 0 radical (unpaired) electrons. The van der Waals surface area contributed by atoms with E-state index in [9.17, 15) is 4.79 Å². The number of carbonyl (C=O) groups is 1. The third kappa shape index (κ3) is 2.95. The van der Waals surface area contributed by atoms with E-state index in [4.69, 9.17) is 18.9 Å². The lowest BCUT2D eigenvalue weighted by atomic mass is 10.0. The van der Waals surface area contributed by atoms with Gasteiger partial charge in [0.1, 0.15) is 23.7 Å². The molecule has 2 heterocycles. The number of rotatable bonds is 4. The standard InChI is InChI=1S/C20H17NO5/c1-20(23-2)25-18-11-15-14(10-16(18)19(22)26-20)4-3-5-17(15)24-12-13-6-8-21-9-7-13/h3-11H,12H2,1-2H3. The Kier molecular flexibility index (Phi) is 3.97. The molecule has 0 spiro atoms. The van der Waals surface area contributed by atoms with Gasteiger partial charge in [-0.2, -0.15) is 0 Å². The highest BCUT2D eigenvalue weighted by molar-refractivity contribution is 6.01. The van der Waals surface area contributed by atoms with Crippen molar-refractivity contribution in [2.24, 2.45) is 0 Å². The summed E-state index contributed by atoms with van der Waals surface area (Å²) in [5.74, 6) is -0.827. The van der Waals surface area contributed by atoms with Crippen LogP contribution in [0.3, 0.4) is 0 Å². The van der Waals surface area contributed by atoms with Crippen LogP contribution < -0.4 is 9.47 Å². The fraction of sp³-hybridized carbons (Fsp3) is 0.200. The van der Waals surface area contributed by atoms with Crippen LogP contribution in [0.25, 0.3) is 10.8 Å². The molecule has 0 saturated heterocycles. The molecule has 1 aliphatic rings. The average molecular weight is 351 g/mol. The number of pyridine rings is 1. The van der Waals surface area contributed by atoms with Crippen LogP contribution in [0.15, 0.2) is 54.9 Å². The average Bonchev–Trinajstić information content (AvgIpc) is 2.66. The van der Waals surface area contributed by atoms with Crippen LogP contribution >= 0.6 is 0 Å². The number of esters is 1. The Balaban J connectivity index is 1.72. The minimum Gasteiger partial charge on any atom is -0.488 e. The van der Waals surface area contributed by atoms with Gasteiger partial charge in [0.25, 0.3) is 0 Å². The molecule has 0 saturated carbocycles. The minimum atomic E-state index is -1.44. The van der Waals surface area contributed by atoms with Gasteiger partial charge in [-0.15, -0.1) is 0 Å². The topological polar surface area (TPSA) is 66.9 Å². The molecule has 1 aromatic heterocycles. The first-order chi connectivity index (χ1) is 12.6. The number of carbonyl (C=O) groups excluding carboxylic acids is 1. The number of nitrogens with zero attached hydrogens (tertiary/aromatic N) is 1. The number of fused-ring (bicyclic) bond motifs is 2. The van der Waals surface area contributed by atoms with Crippen LogP contribution in [0.2, 0.25) is 0 Å². The Hall–Kier alpha value is -3.12. The zero-order chi connectivity index (χ0) is 18.1. The summed E-state index contributed by atoms with van der Waals surface area (Å²) in [6, 6.07) is 13.0. The molecule has 0 aliphatic carbocycles. The lowest BCUT2D eigenvalue weighted by Gasteiger charge is -2.32. The second kappa shape index (κ2) is 6.31. The molecule has 0 bridgehead atoms. The molecular weight excluding hydrogens is 334 g/mol. The fourth-order valence-electron chi connectivity index (χ4n) is 2.81. The second-order valence-corrected chi connectivity index (χ2v) is 6.03. The Morgan fingerprint density at radius 2 is 1.92 bits per heavy atom. The maximum absolute atomic E-state index is 12.3. The Labute approximate surface area is 150 Å². The minimum absolute atomic E-state index is 0.360. The Morgan fingerprint density at radius 1 is 1.12 bits per heavy atom. The van der Waals surface area contributed by atoms with E-state index in [-0.39, 0.29) is 0 Å². The molecule has 4 rings (SSSR count). The van der Waals surface area contributed by atoms with Gasteiger partial charge in [-0.25, -0.2) is 4.79 Å². The maximum Gasteiger partial charge on any atom is 0.370 e. The smallest absolute Gasteiger partial charge is 0.370 e. The van der Waals surface area contributed by atoms with E-state index >= 15 is 0 Å². The van der Waals surface area contributed by atoms with Gasteiger partial charge in [-0.3, -0.25) is 4.98 Å². The van der Waals surface area contributed by atoms with Crippen LogP contribution in [0.4, 0.5) is 0 Å². The number of hydrogen-bond acceptors (Lipinski definition) is 6. The number of hydrogen-bond donors (Lipinski definition) is 0. The van der Waals surface area contributed by atoms with E-state index in [1.54, 1.807) is 31.5 Å². The van der Waals surface area contributed by atoms with Crippen molar-refractivity contribution in [3.05, 3.63) is 66.0 Å². The van der Waals surface area contributed by atoms with Crippen LogP contribution in [0.1, 0.15) is 22.8 Å². The van der Waals surface area contributed by atoms with Crippen molar-refractivity contribution >= 4 is 16.7 Å². The van der Waals surface area contributed by atoms with Crippen LogP contribution in [0, 0.1) is 0 Å². The Morgan fingerprint density at radius 3 is 2.69 bits per heavy atom. The summed E-state index contributed by atoms with van der Waals surface area (Å²) in [5, 5.41) is 1.70. The fourth-order valence-corrected chi connectivity index (χ4v) is 2.81. The third-order valence-corrected chi connectivity index (χ3v) is 4.25. The van der Waals surface area contributed by atoms with Gasteiger partial charge >= 0.3 is 11.9 Å². The van der Waals surface area contributed by atoms with Crippen LogP contribution in [-0.4, -0.2) is 24.0 Å². The summed E-state index contributed by atoms with van der Waals surface area (Å²) in [7, 11) is 1.42. The molecule has 6 nitrogen and oxygen atoms in total. The van der Waals surface area contributed by atoms with Gasteiger partial charge in [0.05, 0.1) is 0 Å². The van der Waals surface area contributed by atoms with E-state index in [1.807, 2.05) is 30.3 Å². The van der Waals surface area contributed by atoms with Crippen molar-refractivity contribution in [1.82, 2.24) is 4.98 Å². The number of methoxy groups -OCH3 is 1. The molecule has 26 heavy (non-hydrogen) atoms. The summed E-state index contributed by atoms with van der Waals surface area (Å²) < 4.78 is 22.1. The summed E-state index contributed by atoms with van der Waals surface area (Å²) in [5.41, 5.74) is 1.38. The highest BCUT2D eigenvalue weighted by Crippen LogP contribution is 2.37. The molecule has 0 amide bonds. The van der Waals surface area contributed by atoms with Crippen molar-refractivity contribution in [2.45, 2.75) is 19.5 Å². The van der Waals surface area contributed by atoms with Crippen molar-refractivity contribution in [3.8, 4) is 11.5 Å². The summed E-state index contributed by atoms with van der Waals surface area (Å²) in [6.07, 6.45) is 3.45. The van der Waals surface area contributed by atoms with Crippen LogP contribution in [0.5, 0.6) is 11.5 Å². The molecule has 3 aromatic rings. The van der Waals surface area contributed by atoms with Gasteiger partial charge in [0.15, 0.2) is 0 Å². The second-order valence-electron chi connectivity index (χ2n) is 6.03. The zero-order valence-electron chi connectivity index (χ0n) is 14.4. The lowest BCUT2D eigenvalue weighted by molar-refractivity contribution is -0.297. The monoisotopic (exact) mass is 351 g/mol. The first-order valence-corrected chi connectivity index (χ1v) is 8.14. The van der Waals surface area contributed by atoms with Crippen molar-refractivity contribution in [1.29, 1.82) is 0 Å². The first-order valence-electron chi connectivity index (χ1n) is 8.14. The quantitative estimate of drug-likeness (QED) is 0.668. The predicted octanol–water partition coefficient (Wildman–Crippen LogP) is 3.68. The highest BCUT2D eigenvalue weighted by Gasteiger charge is 2.38. The molecule has 0 fully saturated rings. The highest BCUT2D eigenvalue weighted by atomic mass is 16.9. The summed E-state index contributed by atoms with van der Waals surface area (Å²) >= 11 is 0. The predicted molar refractivity (Wildman–Crippen MR) is 94.0 cm³/mol. The van der Waals surface area contributed by atoms with E-state index in [0.29, 0.717) is 23.7 Å². The SMILES string of the molecule is COC1(C)OC(=O)c2cc3cccc(OCc4ccncc4)c3cc2O1.